The maximum atomic E-state index is 12.9. The quantitative estimate of drug-likeness (QED) is 0.744. The van der Waals surface area contributed by atoms with E-state index >= 15 is 0 Å². The number of likely N-dealkylation sites (N-methyl/N-ethyl adjacent to an activating group) is 2. The summed E-state index contributed by atoms with van der Waals surface area (Å²) in [6.07, 6.45) is 0. The Labute approximate surface area is 155 Å². The molecule has 0 atom stereocenters. The number of rotatable bonds is 7. The lowest BCUT2D eigenvalue weighted by molar-refractivity contribution is 0.0786. The number of hydrogen-bond acceptors (Lipinski definition) is 4. The molecule has 0 aliphatic rings. The predicted octanol–water partition coefficient (Wildman–Crippen LogP) is 2.15. The highest BCUT2D eigenvalue weighted by atomic mass is 32.2. The van der Waals surface area contributed by atoms with E-state index in [-0.39, 0.29) is 10.8 Å². The highest BCUT2D eigenvalue weighted by molar-refractivity contribution is 7.92. The van der Waals surface area contributed by atoms with E-state index < -0.39 is 10.0 Å². The third kappa shape index (κ3) is 4.62. The van der Waals surface area contributed by atoms with Crippen molar-refractivity contribution in [1.82, 2.24) is 9.80 Å². The van der Waals surface area contributed by atoms with Gasteiger partial charge in [-0.3, -0.25) is 9.10 Å². The van der Waals surface area contributed by atoms with Gasteiger partial charge in [0.05, 0.1) is 10.6 Å². The zero-order valence-corrected chi connectivity index (χ0v) is 16.4. The molecule has 0 saturated heterocycles. The van der Waals surface area contributed by atoms with Crippen LogP contribution >= 0.6 is 0 Å². The van der Waals surface area contributed by atoms with Gasteiger partial charge < -0.3 is 9.80 Å². The van der Waals surface area contributed by atoms with Crippen LogP contribution < -0.4 is 4.31 Å². The molecule has 0 heterocycles. The van der Waals surface area contributed by atoms with Crippen molar-refractivity contribution in [1.29, 1.82) is 0 Å². The Hall–Kier alpha value is -2.38. The molecule has 0 bridgehead atoms. The first kappa shape index (κ1) is 19.9. The van der Waals surface area contributed by atoms with Crippen molar-refractivity contribution in [3.63, 3.8) is 0 Å². The lowest BCUT2D eigenvalue weighted by Crippen LogP contribution is -2.33. The van der Waals surface area contributed by atoms with Crippen molar-refractivity contribution in [3.8, 4) is 0 Å². The van der Waals surface area contributed by atoms with Gasteiger partial charge in [0.1, 0.15) is 0 Å². The predicted molar refractivity (Wildman–Crippen MR) is 104 cm³/mol. The minimum absolute atomic E-state index is 0.0933. The minimum Gasteiger partial charge on any atom is -0.340 e. The molecular formula is C19H25N3O3S. The molecule has 0 N–H and O–H groups in total. The van der Waals surface area contributed by atoms with Gasteiger partial charge in [0.15, 0.2) is 0 Å². The van der Waals surface area contributed by atoms with E-state index in [1.807, 2.05) is 25.1 Å². The van der Waals surface area contributed by atoms with Crippen LogP contribution in [-0.4, -0.2) is 65.4 Å². The van der Waals surface area contributed by atoms with Crippen LogP contribution in [0.2, 0.25) is 0 Å². The summed E-state index contributed by atoms with van der Waals surface area (Å²) in [5.74, 6) is -0.203. The van der Waals surface area contributed by atoms with Gasteiger partial charge in [-0.05, 0) is 44.4 Å². The van der Waals surface area contributed by atoms with Gasteiger partial charge >= 0.3 is 0 Å². The fourth-order valence-corrected chi connectivity index (χ4v) is 3.64. The molecule has 0 unspecified atom stereocenters. The Morgan fingerprint density at radius 2 is 1.54 bits per heavy atom. The van der Waals surface area contributed by atoms with Gasteiger partial charge in [-0.25, -0.2) is 8.42 Å². The summed E-state index contributed by atoms with van der Waals surface area (Å²) in [6, 6.07) is 15.0. The number of benzene rings is 2. The molecule has 0 aliphatic carbocycles. The Morgan fingerprint density at radius 3 is 2.15 bits per heavy atom. The molecule has 26 heavy (non-hydrogen) atoms. The third-order valence-corrected chi connectivity index (χ3v) is 5.87. The number of sulfonamides is 1. The van der Waals surface area contributed by atoms with Crippen LogP contribution in [0.25, 0.3) is 0 Å². The highest BCUT2D eigenvalue weighted by Crippen LogP contribution is 2.22. The number of para-hydroxylation sites is 1. The van der Waals surface area contributed by atoms with Gasteiger partial charge in [0, 0.05) is 32.7 Å². The number of hydrogen-bond donors (Lipinski definition) is 0. The smallest absolute Gasteiger partial charge is 0.264 e. The molecule has 6 nitrogen and oxygen atoms in total. The maximum Gasteiger partial charge on any atom is 0.264 e. The van der Waals surface area contributed by atoms with Crippen LogP contribution in [-0.2, 0) is 10.0 Å². The number of anilines is 1. The number of nitrogens with zero attached hydrogens (tertiary/aromatic N) is 3. The average Bonchev–Trinajstić information content (AvgIpc) is 2.65. The molecule has 0 radical (unpaired) electrons. The first-order chi connectivity index (χ1) is 12.2. The van der Waals surface area contributed by atoms with Crippen LogP contribution in [0.15, 0.2) is 59.5 Å². The molecule has 0 aliphatic heterocycles. The standard InChI is InChI=1S/C19H25N3O3S/c1-20(2)13-14-21(3)19(23)16-9-8-12-18(15-16)26(24,25)22(4)17-10-6-5-7-11-17/h5-12,15H,13-14H2,1-4H3. The van der Waals surface area contributed by atoms with Gasteiger partial charge in [0.25, 0.3) is 15.9 Å². The van der Waals surface area contributed by atoms with Crippen LogP contribution in [0.3, 0.4) is 0 Å². The lowest BCUT2D eigenvalue weighted by atomic mass is 10.2. The topological polar surface area (TPSA) is 60.9 Å². The summed E-state index contributed by atoms with van der Waals surface area (Å²) in [4.78, 5) is 16.2. The number of amides is 1. The SMILES string of the molecule is CN(C)CCN(C)C(=O)c1cccc(S(=O)(=O)N(C)c2ccccc2)c1. The Morgan fingerprint density at radius 1 is 0.885 bits per heavy atom. The fourth-order valence-electron chi connectivity index (χ4n) is 2.40. The molecule has 2 aromatic rings. The molecule has 7 heteroatoms. The third-order valence-electron chi connectivity index (χ3n) is 4.09. The zero-order chi connectivity index (χ0) is 19.3. The van der Waals surface area contributed by atoms with Crippen LogP contribution in [0.5, 0.6) is 0 Å². The van der Waals surface area contributed by atoms with E-state index in [2.05, 4.69) is 0 Å². The first-order valence-corrected chi connectivity index (χ1v) is 9.71. The normalized spacial score (nSPS) is 11.4. The van der Waals surface area contributed by atoms with Crippen molar-refractivity contribution in [3.05, 3.63) is 60.2 Å². The summed E-state index contributed by atoms with van der Waals surface area (Å²) < 4.78 is 27.0. The van der Waals surface area contributed by atoms with E-state index in [1.54, 1.807) is 48.3 Å². The number of carbonyl (C=O) groups excluding carboxylic acids is 1. The Balaban J connectivity index is 2.26. The Kier molecular flexibility index (Phi) is 6.39. The molecule has 0 fully saturated rings. The summed E-state index contributed by atoms with van der Waals surface area (Å²) in [5.41, 5.74) is 0.918. The second-order valence-electron chi connectivity index (χ2n) is 6.37. The summed E-state index contributed by atoms with van der Waals surface area (Å²) in [5, 5.41) is 0. The second kappa shape index (κ2) is 8.33. The summed E-state index contributed by atoms with van der Waals surface area (Å²) in [6.45, 7) is 1.30. The van der Waals surface area contributed by atoms with Crippen molar-refractivity contribution in [2.75, 3.05) is 45.6 Å². The molecule has 2 rings (SSSR count). The molecule has 2 aromatic carbocycles. The Bertz CT molecular complexity index is 851. The first-order valence-electron chi connectivity index (χ1n) is 8.27. The van der Waals surface area contributed by atoms with Gasteiger partial charge in [-0.1, -0.05) is 24.3 Å². The monoisotopic (exact) mass is 375 g/mol. The lowest BCUT2D eigenvalue weighted by Gasteiger charge is -2.21. The van der Waals surface area contributed by atoms with Crippen LogP contribution in [0, 0.1) is 0 Å². The molecular weight excluding hydrogens is 350 g/mol. The molecule has 1 amide bonds. The minimum atomic E-state index is -3.75. The maximum absolute atomic E-state index is 12.9. The second-order valence-corrected chi connectivity index (χ2v) is 8.34. The fraction of sp³-hybridized carbons (Fsp3) is 0.316. The van der Waals surface area contributed by atoms with E-state index in [0.717, 1.165) is 6.54 Å². The van der Waals surface area contributed by atoms with Gasteiger partial charge in [0.2, 0.25) is 0 Å². The zero-order valence-electron chi connectivity index (χ0n) is 15.6. The number of carbonyl (C=O) groups is 1. The molecule has 0 saturated carbocycles. The molecule has 0 spiro atoms. The highest BCUT2D eigenvalue weighted by Gasteiger charge is 2.23. The largest absolute Gasteiger partial charge is 0.340 e. The van der Waals surface area contributed by atoms with Crippen molar-refractivity contribution in [2.24, 2.45) is 0 Å². The van der Waals surface area contributed by atoms with Crippen molar-refractivity contribution < 1.29 is 13.2 Å². The van der Waals surface area contributed by atoms with E-state index in [0.29, 0.717) is 17.8 Å². The molecule has 140 valence electrons. The van der Waals surface area contributed by atoms with Crippen LogP contribution in [0.1, 0.15) is 10.4 Å². The van der Waals surface area contributed by atoms with E-state index in [9.17, 15) is 13.2 Å². The van der Waals surface area contributed by atoms with E-state index in [4.69, 9.17) is 0 Å². The molecule has 0 aromatic heterocycles. The van der Waals surface area contributed by atoms with E-state index in [1.165, 1.54) is 23.5 Å². The van der Waals surface area contributed by atoms with Gasteiger partial charge in [-0.2, -0.15) is 0 Å². The van der Waals surface area contributed by atoms with Crippen molar-refractivity contribution in [2.45, 2.75) is 4.90 Å². The summed E-state index contributed by atoms with van der Waals surface area (Å²) >= 11 is 0. The van der Waals surface area contributed by atoms with Crippen molar-refractivity contribution >= 4 is 21.6 Å². The van der Waals surface area contributed by atoms with Gasteiger partial charge in [-0.15, -0.1) is 0 Å². The summed E-state index contributed by atoms with van der Waals surface area (Å²) in [7, 11) is 3.34. The average molecular weight is 375 g/mol. The van der Waals surface area contributed by atoms with Crippen LogP contribution in [0.4, 0.5) is 5.69 Å².